The van der Waals surface area contributed by atoms with Gasteiger partial charge in [-0.2, -0.15) is 0 Å². The first-order valence-corrected chi connectivity index (χ1v) is 6.79. The van der Waals surface area contributed by atoms with Crippen molar-refractivity contribution in [3.8, 4) is 0 Å². The zero-order valence-corrected chi connectivity index (χ0v) is 10.6. The molecule has 3 rings (SSSR count). The lowest BCUT2D eigenvalue weighted by Crippen LogP contribution is -2.31. The largest absolute Gasteiger partial charge is 0.375 e. The Morgan fingerprint density at radius 1 is 1.61 bits per heavy atom. The summed E-state index contributed by atoms with van der Waals surface area (Å²) < 4.78 is 0. The van der Waals surface area contributed by atoms with E-state index in [0.717, 1.165) is 25.1 Å². The van der Waals surface area contributed by atoms with Crippen LogP contribution in [0.3, 0.4) is 0 Å². The quantitative estimate of drug-likeness (QED) is 0.869. The number of nitrogens with two attached hydrogens (primary N) is 1. The van der Waals surface area contributed by atoms with Crippen molar-refractivity contribution in [1.29, 1.82) is 0 Å². The predicted molar refractivity (Wildman–Crippen MR) is 70.3 cm³/mol. The van der Waals surface area contributed by atoms with E-state index in [4.69, 9.17) is 5.73 Å². The summed E-state index contributed by atoms with van der Waals surface area (Å²) in [6.45, 7) is 0.778. The van der Waals surface area contributed by atoms with Gasteiger partial charge in [0.25, 0.3) is 5.91 Å². The fraction of sp³-hybridized carbons (Fsp3) is 0.333. The van der Waals surface area contributed by atoms with Gasteiger partial charge in [0.2, 0.25) is 0 Å². The molecule has 1 unspecified atom stereocenters. The van der Waals surface area contributed by atoms with Crippen LogP contribution in [0.4, 0.5) is 5.13 Å². The summed E-state index contributed by atoms with van der Waals surface area (Å²) >= 11 is 1.30. The van der Waals surface area contributed by atoms with Crippen LogP contribution in [0.25, 0.3) is 0 Å². The molecule has 6 heteroatoms. The van der Waals surface area contributed by atoms with Crippen molar-refractivity contribution >= 4 is 22.4 Å². The number of aromatic amines is 1. The second-order valence-corrected chi connectivity index (χ2v) is 5.24. The number of carbonyl (C=O) groups is 1. The van der Waals surface area contributed by atoms with Gasteiger partial charge in [0, 0.05) is 23.8 Å². The molecule has 94 valence electrons. The maximum Gasteiger partial charge on any atom is 0.273 e. The molecule has 0 spiro atoms. The molecule has 1 saturated heterocycles. The number of amides is 1. The number of likely N-dealkylation sites (tertiary alicyclic amines) is 1. The predicted octanol–water partition coefficient (Wildman–Crippen LogP) is 2.03. The van der Waals surface area contributed by atoms with Gasteiger partial charge < -0.3 is 15.6 Å². The molecular weight excluding hydrogens is 248 g/mol. The molecule has 0 saturated carbocycles. The van der Waals surface area contributed by atoms with Crippen molar-refractivity contribution in [3.63, 3.8) is 0 Å². The number of H-pyrrole nitrogens is 1. The highest BCUT2D eigenvalue weighted by molar-refractivity contribution is 7.13. The van der Waals surface area contributed by atoms with Gasteiger partial charge in [0.15, 0.2) is 5.13 Å². The minimum atomic E-state index is -0.0277. The maximum atomic E-state index is 12.4. The van der Waals surface area contributed by atoms with Crippen LogP contribution in [0.2, 0.25) is 0 Å². The summed E-state index contributed by atoms with van der Waals surface area (Å²) in [5.74, 6) is -0.0277. The monoisotopic (exact) mass is 262 g/mol. The number of aromatic nitrogens is 2. The Morgan fingerprint density at radius 3 is 3.17 bits per heavy atom. The van der Waals surface area contributed by atoms with Crippen molar-refractivity contribution in [2.45, 2.75) is 18.9 Å². The Hall–Kier alpha value is -1.82. The molecule has 0 bridgehead atoms. The molecule has 2 aromatic heterocycles. The highest BCUT2D eigenvalue weighted by Crippen LogP contribution is 2.32. The third kappa shape index (κ3) is 1.88. The second-order valence-electron chi connectivity index (χ2n) is 4.35. The fourth-order valence-corrected chi connectivity index (χ4v) is 2.95. The summed E-state index contributed by atoms with van der Waals surface area (Å²) in [7, 11) is 0. The minimum absolute atomic E-state index is 0.0277. The Bertz CT molecular complexity index is 548. The molecule has 1 aliphatic heterocycles. The number of hydrogen-bond donors (Lipinski definition) is 2. The molecule has 5 nitrogen and oxygen atoms in total. The van der Waals surface area contributed by atoms with E-state index in [-0.39, 0.29) is 11.9 Å². The molecule has 3 N–H and O–H groups in total. The number of thiazole rings is 1. The first-order valence-electron chi connectivity index (χ1n) is 5.91. The number of nitrogens with zero attached hydrogens (tertiary/aromatic N) is 2. The molecule has 0 aromatic carbocycles. The van der Waals surface area contributed by atoms with E-state index in [0.29, 0.717) is 10.8 Å². The van der Waals surface area contributed by atoms with Gasteiger partial charge in [-0.3, -0.25) is 4.79 Å². The maximum absolute atomic E-state index is 12.4. The van der Waals surface area contributed by atoms with Crippen LogP contribution in [-0.2, 0) is 0 Å². The number of carbonyl (C=O) groups excluding carboxylic acids is 1. The molecule has 3 heterocycles. The first-order chi connectivity index (χ1) is 8.75. The number of anilines is 1. The molecule has 1 atom stereocenters. The van der Waals surface area contributed by atoms with Crippen LogP contribution in [0.15, 0.2) is 23.7 Å². The topological polar surface area (TPSA) is 75.0 Å². The Morgan fingerprint density at radius 2 is 2.50 bits per heavy atom. The summed E-state index contributed by atoms with van der Waals surface area (Å²) in [6, 6.07) is 4.11. The molecule has 1 fully saturated rings. The van der Waals surface area contributed by atoms with Crippen molar-refractivity contribution < 1.29 is 4.79 Å². The van der Waals surface area contributed by atoms with E-state index in [2.05, 4.69) is 9.97 Å². The number of hydrogen-bond acceptors (Lipinski definition) is 4. The SMILES string of the molecule is Nc1nc(C(=O)N2CCCC2c2ccc[nH]2)cs1. The smallest absolute Gasteiger partial charge is 0.273 e. The normalized spacial score (nSPS) is 19.3. The molecule has 2 aromatic rings. The lowest BCUT2D eigenvalue weighted by Gasteiger charge is -2.23. The highest BCUT2D eigenvalue weighted by Gasteiger charge is 2.32. The molecule has 18 heavy (non-hydrogen) atoms. The summed E-state index contributed by atoms with van der Waals surface area (Å²) in [4.78, 5) is 21.5. The lowest BCUT2D eigenvalue weighted by molar-refractivity contribution is 0.0728. The van der Waals surface area contributed by atoms with Crippen LogP contribution in [0, 0.1) is 0 Å². The van der Waals surface area contributed by atoms with Gasteiger partial charge in [0.05, 0.1) is 6.04 Å². The van der Waals surface area contributed by atoms with Gasteiger partial charge in [0.1, 0.15) is 5.69 Å². The average Bonchev–Trinajstić information content (AvgIpc) is 3.08. The molecule has 0 radical (unpaired) electrons. The van der Waals surface area contributed by atoms with Gasteiger partial charge >= 0.3 is 0 Å². The van der Waals surface area contributed by atoms with Crippen molar-refractivity contribution in [2.24, 2.45) is 0 Å². The first kappa shape index (κ1) is 11.3. The van der Waals surface area contributed by atoms with Crippen LogP contribution in [-0.4, -0.2) is 27.3 Å². The van der Waals surface area contributed by atoms with Crippen molar-refractivity contribution in [1.82, 2.24) is 14.9 Å². The molecule has 1 aliphatic rings. The summed E-state index contributed by atoms with van der Waals surface area (Å²) in [5, 5.41) is 2.16. The standard InChI is InChI=1S/C12H14N4OS/c13-12-15-9(7-18-12)11(17)16-6-2-4-10(16)8-3-1-5-14-8/h1,3,5,7,10,14H,2,4,6H2,(H2,13,15). The van der Waals surface area contributed by atoms with Crippen molar-refractivity contribution in [3.05, 3.63) is 35.1 Å². The van der Waals surface area contributed by atoms with E-state index < -0.39 is 0 Å². The number of nitrogens with one attached hydrogen (secondary N) is 1. The van der Waals surface area contributed by atoms with E-state index in [9.17, 15) is 4.79 Å². The lowest BCUT2D eigenvalue weighted by atomic mass is 10.1. The third-order valence-corrected chi connectivity index (χ3v) is 3.91. The van der Waals surface area contributed by atoms with E-state index in [1.54, 1.807) is 5.38 Å². The van der Waals surface area contributed by atoms with Crippen LogP contribution >= 0.6 is 11.3 Å². The minimum Gasteiger partial charge on any atom is -0.375 e. The van der Waals surface area contributed by atoms with Gasteiger partial charge in [-0.15, -0.1) is 11.3 Å². The van der Waals surface area contributed by atoms with E-state index in [1.165, 1.54) is 11.3 Å². The van der Waals surface area contributed by atoms with Gasteiger partial charge in [-0.25, -0.2) is 4.98 Å². The zero-order chi connectivity index (χ0) is 12.5. The number of nitrogen functional groups attached to an aromatic ring is 1. The van der Waals surface area contributed by atoms with E-state index in [1.807, 2.05) is 23.2 Å². The van der Waals surface area contributed by atoms with Gasteiger partial charge in [-0.05, 0) is 25.0 Å². The van der Waals surface area contributed by atoms with Crippen LogP contribution < -0.4 is 5.73 Å². The second kappa shape index (κ2) is 4.45. The van der Waals surface area contributed by atoms with Crippen molar-refractivity contribution in [2.75, 3.05) is 12.3 Å². The van der Waals surface area contributed by atoms with Gasteiger partial charge in [-0.1, -0.05) is 0 Å². The van der Waals surface area contributed by atoms with Crippen LogP contribution in [0.5, 0.6) is 0 Å². The third-order valence-electron chi connectivity index (χ3n) is 3.24. The average molecular weight is 262 g/mol. The molecule has 1 amide bonds. The zero-order valence-electron chi connectivity index (χ0n) is 9.80. The Labute approximate surface area is 109 Å². The highest BCUT2D eigenvalue weighted by atomic mass is 32.1. The molecular formula is C12H14N4OS. The number of rotatable bonds is 2. The molecule has 0 aliphatic carbocycles. The summed E-state index contributed by atoms with van der Waals surface area (Å²) in [6.07, 6.45) is 3.90. The Kier molecular flexibility index (Phi) is 2.79. The van der Waals surface area contributed by atoms with E-state index >= 15 is 0 Å². The van der Waals surface area contributed by atoms with Crippen LogP contribution in [0.1, 0.15) is 35.1 Å². The Balaban J connectivity index is 1.85. The summed E-state index contributed by atoms with van der Waals surface area (Å²) in [5.41, 5.74) is 7.12. The fourth-order valence-electron chi connectivity index (χ4n) is 2.42.